The van der Waals surface area contributed by atoms with Gasteiger partial charge in [0.1, 0.15) is 5.76 Å². The van der Waals surface area contributed by atoms with Gasteiger partial charge in [0, 0.05) is 22.4 Å². The van der Waals surface area contributed by atoms with E-state index in [1.165, 1.54) is 17.3 Å². The first kappa shape index (κ1) is 18.1. The largest absolute Gasteiger partial charge is 0.507 e. The number of amides is 1. The Morgan fingerprint density at radius 3 is 2.36 bits per heavy atom. The molecule has 0 saturated carbocycles. The lowest BCUT2D eigenvalue weighted by atomic mass is 9.95. The van der Waals surface area contributed by atoms with E-state index < -0.39 is 17.7 Å². The molecule has 6 nitrogen and oxygen atoms in total. The molecule has 7 heteroatoms. The molecule has 1 N–H and O–H groups in total. The summed E-state index contributed by atoms with van der Waals surface area (Å²) in [5.41, 5.74) is 1.11. The topological polar surface area (TPSA) is 83.4 Å². The highest BCUT2D eigenvalue weighted by Crippen LogP contribution is 2.41. The number of anilines is 1. The van der Waals surface area contributed by atoms with Crippen LogP contribution in [0.15, 0.2) is 83.1 Å². The Bertz CT molecular complexity index is 1080. The molecule has 3 aromatic rings. The predicted molar refractivity (Wildman–Crippen MR) is 107 cm³/mol. The number of benzene rings is 2. The number of aliphatic hydroxyl groups excluding tert-OH is 1. The van der Waals surface area contributed by atoms with Gasteiger partial charge in [-0.3, -0.25) is 14.5 Å². The number of hydrogen-bond acceptors (Lipinski definition) is 5. The third-order valence-electron chi connectivity index (χ3n) is 4.42. The second-order valence-electron chi connectivity index (χ2n) is 6.14. The molecular formula is C21H14BrN3O3. The summed E-state index contributed by atoms with van der Waals surface area (Å²) < 4.78 is 0.782. The number of rotatable bonds is 3. The van der Waals surface area contributed by atoms with E-state index in [1.807, 2.05) is 6.07 Å². The maximum absolute atomic E-state index is 12.9. The predicted octanol–water partition coefficient (Wildman–Crippen LogP) is 3.87. The molecule has 0 radical (unpaired) electrons. The van der Waals surface area contributed by atoms with Crippen LogP contribution in [0, 0.1) is 0 Å². The van der Waals surface area contributed by atoms with Crippen LogP contribution in [-0.4, -0.2) is 26.8 Å². The van der Waals surface area contributed by atoms with E-state index in [1.54, 1.807) is 54.6 Å². The standard InChI is InChI=1S/C21H14BrN3O3/c22-15-9-4-8-14(12-15)17-16(18(26)13-6-2-1-3-7-13)19(27)20(28)25(17)21-23-10-5-11-24-21/h1-12,17,26H/t17-/m0/s1. The van der Waals surface area contributed by atoms with E-state index in [4.69, 9.17) is 0 Å². The second kappa shape index (κ2) is 7.36. The molecule has 1 amide bonds. The van der Waals surface area contributed by atoms with E-state index in [9.17, 15) is 14.7 Å². The van der Waals surface area contributed by atoms with Gasteiger partial charge in [-0.25, -0.2) is 9.97 Å². The molecule has 4 rings (SSSR count). The Hall–Kier alpha value is -3.32. The molecule has 2 aromatic carbocycles. The van der Waals surface area contributed by atoms with Gasteiger partial charge in [0.05, 0.1) is 11.6 Å². The van der Waals surface area contributed by atoms with E-state index >= 15 is 0 Å². The lowest BCUT2D eigenvalue weighted by Gasteiger charge is -2.23. The van der Waals surface area contributed by atoms with Crippen LogP contribution in [0.1, 0.15) is 17.2 Å². The van der Waals surface area contributed by atoms with Crippen molar-refractivity contribution in [3.05, 3.63) is 94.2 Å². The van der Waals surface area contributed by atoms with Gasteiger partial charge < -0.3 is 5.11 Å². The zero-order chi connectivity index (χ0) is 19.7. The fourth-order valence-corrected chi connectivity index (χ4v) is 3.61. The van der Waals surface area contributed by atoms with Crippen LogP contribution in [0.25, 0.3) is 5.76 Å². The number of ketones is 1. The van der Waals surface area contributed by atoms with Crippen molar-refractivity contribution in [3.63, 3.8) is 0 Å². The van der Waals surface area contributed by atoms with Gasteiger partial charge in [-0.1, -0.05) is 58.4 Å². The summed E-state index contributed by atoms with van der Waals surface area (Å²) in [6.07, 6.45) is 2.99. The molecule has 0 spiro atoms. The van der Waals surface area contributed by atoms with Gasteiger partial charge >= 0.3 is 5.91 Å². The average molecular weight is 436 g/mol. The summed E-state index contributed by atoms with van der Waals surface area (Å²) in [4.78, 5) is 35.2. The Morgan fingerprint density at radius 2 is 1.68 bits per heavy atom. The van der Waals surface area contributed by atoms with Crippen molar-refractivity contribution in [2.45, 2.75) is 6.04 Å². The molecule has 1 aromatic heterocycles. The Morgan fingerprint density at radius 1 is 0.964 bits per heavy atom. The van der Waals surface area contributed by atoms with E-state index in [-0.39, 0.29) is 17.3 Å². The zero-order valence-electron chi connectivity index (χ0n) is 14.5. The van der Waals surface area contributed by atoms with Gasteiger partial charge in [-0.2, -0.15) is 0 Å². The first-order valence-corrected chi connectivity index (χ1v) is 9.26. The lowest BCUT2D eigenvalue weighted by molar-refractivity contribution is -0.132. The summed E-state index contributed by atoms with van der Waals surface area (Å²) in [5.74, 6) is -1.70. The summed E-state index contributed by atoms with van der Waals surface area (Å²) in [5, 5.41) is 10.9. The molecule has 28 heavy (non-hydrogen) atoms. The second-order valence-corrected chi connectivity index (χ2v) is 7.05. The van der Waals surface area contributed by atoms with Gasteiger partial charge in [-0.15, -0.1) is 0 Å². The first-order chi connectivity index (χ1) is 13.6. The van der Waals surface area contributed by atoms with Crippen molar-refractivity contribution in [2.75, 3.05) is 4.90 Å². The monoisotopic (exact) mass is 435 g/mol. The molecule has 1 fully saturated rings. The Balaban J connectivity index is 1.96. The first-order valence-electron chi connectivity index (χ1n) is 8.47. The number of aliphatic hydroxyl groups is 1. The van der Waals surface area contributed by atoms with Crippen LogP contribution in [0.3, 0.4) is 0 Å². The fraction of sp³-hybridized carbons (Fsp3) is 0.0476. The molecule has 1 atom stereocenters. The smallest absolute Gasteiger partial charge is 0.302 e. The van der Waals surface area contributed by atoms with Gasteiger partial charge in [-0.05, 0) is 23.8 Å². The Kier molecular flexibility index (Phi) is 4.75. The number of nitrogens with zero attached hydrogens (tertiary/aromatic N) is 3. The van der Waals surface area contributed by atoms with Crippen LogP contribution >= 0.6 is 15.9 Å². The zero-order valence-corrected chi connectivity index (χ0v) is 16.1. The van der Waals surface area contributed by atoms with Crippen molar-refractivity contribution >= 4 is 39.3 Å². The fourth-order valence-electron chi connectivity index (χ4n) is 3.20. The van der Waals surface area contributed by atoms with Gasteiger partial charge in [0.2, 0.25) is 5.95 Å². The highest BCUT2D eigenvalue weighted by Gasteiger charge is 2.48. The normalized spacial score (nSPS) is 18.5. The summed E-state index contributed by atoms with van der Waals surface area (Å²) in [6, 6.07) is 16.7. The maximum Gasteiger partial charge on any atom is 0.302 e. The summed E-state index contributed by atoms with van der Waals surface area (Å²) in [7, 11) is 0. The summed E-state index contributed by atoms with van der Waals surface area (Å²) in [6.45, 7) is 0. The van der Waals surface area contributed by atoms with Crippen molar-refractivity contribution in [3.8, 4) is 0 Å². The van der Waals surface area contributed by atoms with E-state index in [2.05, 4.69) is 25.9 Å². The van der Waals surface area contributed by atoms with Gasteiger partial charge in [0.25, 0.3) is 5.78 Å². The molecule has 1 aliphatic heterocycles. The van der Waals surface area contributed by atoms with Crippen molar-refractivity contribution in [1.29, 1.82) is 0 Å². The number of Topliss-reactive ketones (excluding diaryl/α,β-unsaturated/α-hetero) is 1. The van der Waals surface area contributed by atoms with Crippen molar-refractivity contribution in [2.24, 2.45) is 0 Å². The van der Waals surface area contributed by atoms with Crippen LogP contribution < -0.4 is 4.90 Å². The van der Waals surface area contributed by atoms with Crippen molar-refractivity contribution in [1.82, 2.24) is 9.97 Å². The highest BCUT2D eigenvalue weighted by atomic mass is 79.9. The molecule has 2 heterocycles. The SMILES string of the molecule is O=C1C(=O)N(c2ncccn2)[C@@H](c2cccc(Br)c2)C1=C(O)c1ccccc1. The minimum atomic E-state index is -0.847. The quantitative estimate of drug-likeness (QED) is 0.383. The van der Waals surface area contributed by atoms with Gasteiger partial charge in [0.15, 0.2) is 0 Å². The third-order valence-corrected chi connectivity index (χ3v) is 4.92. The molecule has 0 unspecified atom stereocenters. The Labute approximate surface area is 169 Å². The number of aromatic nitrogens is 2. The number of carbonyl (C=O) groups is 2. The third kappa shape index (κ3) is 3.10. The number of carbonyl (C=O) groups excluding carboxylic acids is 2. The van der Waals surface area contributed by atoms with E-state index in [0.29, 0.717) is 11.1 Å². The molecule has 0 aliphatic carbocycles. The average Bonchev–Trinajstić information content (AvgIpc) is 3.00. The van der Waals surface area contributed by atoms with Crippen LogP contribution in [-0.2, 0) is 9.59 Å². The molecule has 1 saturated heterocycles. The van der Waals surface area contributed by atoms with E-state index in [0.717, 1.165) is 4.47 Å². The van der Waals surface area contributed by atoms with Crippen LogP contribution in [0.4, 0.5) is 5.95 Å². The maximum atomic E-state index is 12.9. The number of hydrogen-bond donors (Lipinski definition) is 1. The van der Waals surface area contributed by atoms with Crippen LogP contribution in [0.5, 0.6) is 0 Å². The minimum absolute atomic E-state index is 0.00162. The molecular weight excluding hydrogens is 422 g/mol. The van der Waals surface area contributed by atoms with Crippen molar-refractivity contribution < 1.29 is 14.7 Å². The lowest BCUT2D eigenvalue weighted by Crippen LogP contribution is -2.31. The highest BCUT2D eigenvalue weighted by molar-refractivity contribution is 9.10. The minimum Gasteiger partial charge on any atom is -0.507 e. The summed E-state index contributed by atoms with van der Waals surface area (Å²) >= 11 is 3.42. The molecule has 138 valence electrons. The van der Waals surface area contributed by atoms with Crippen LogP contribution in [0.2, 0.25) is 0 Å². The number of halogens is 1. The molecule has 1 aliphatic rings. The molecule has 0 bridgehead atoms.